The Balaban J connectivity index is 1.49. The molecule has 1 N–H and O–H groups in total. The largest absolute Gasteiger partial charge is 0.483 e. The van der Waals surface area contributed by atoms with Crippen LogP contribution in [-0.4, -0.2) is 85.8 Å². The number of benzene rings is 2. The number of carbonyl (C=O) groups excluding carboxylic acids is 1. The third-order valence-electron chi connectivity index (χ3n) is 5.66. The second kappa shape index (κ2) is 11.4. The predicted octanol–water partition coefficient (Wildman–Crippen LogP) is 3.03. The van der Waals surface area contributed by atoms with Crippen molar-refractivity contribution in [1.29, 1.82) is 5.41 Å². The normalized spacial score (nSPS) is 14.5. The van der Waals surface area contributed by atoms with Gasteiger partial charge in [-0.2, -0.15) is 0 Å². The molecule has 0 spiro atoms. The molecule has 2 aromatic rings. The molecule has 1 fully saturated rings. The molecular weight excluding hydrogens is 388 g/mol. The minimum Gasteiger partial charge on any atom is -0.483 e. The Bertz CT molecular complexity index is 909. The summed E-state index contributed by atoms with van der Waals surface area (Å²) in [7, 11) is 0. The molecule has 2 aromatic carbocycles. The number of rotatable bonds is 11. The van der Waals surface area contributed by atoms with Crippen molar-refractivity contribution in [3.8, 4) is 5.75 Å². The number of fused-ring (bicyclic) bond motifs is 1. The first-order valence-electron chi connectivity index (χ1n) is 10.8. The third-order valence-corrected chi connectivity index (χ3v) is 5.66. The predicted molar refractivity (Wildman–Crippen MR) is 127 cm³/mol. The number of carbonyl (C=O) groups is 1. The molecule has 0 unspecified atom stereocenters. The summed E-state index contributed by atoms with van der Waals surface area (Å²) < 4.78 is 5.89. The zero-order valence-corrected chi connectivity index (χ0v) is 18.1. The quantitative estimate of drug-likeness (QED) is 0.448. The van der Waals surface area contributed by atoms with Crippen molar-refractivity contribution < 1.29 is 9.53 Å². The van der Waals surface area contributed by atoms with Gasteiger partial charge in [-0.15, -0.1) is 13.2 Å². The van der Waals surface area contributed by atoms with E-state index in [1.165, 1.54) is 6.21 Å². The van der Waals surface area contributed by atoms with Crippen LogP contribution in [0, 0.1) is 5.41 Å². The minimum atomic E-state index is 0.0137. The standard InChI is InChI=1S/C25H32N4O2/c1-3-11-27(12-4-2)13-14-28-15-17-29(18-16-28)25(30)20-31-24-10-9-21(19-26)22-7-5-6-8-23(22)24/h3-10,19,26H,1-2,11-18,20H2. The van der Waals surface area contributed by atoms with Crippen LogP contribution < -0.4 is 4.74 Å². The van der Waals surface area contributed by atoms with Gasteiger partial charge in [0.05, 0.1) is 0 Å². The van der Waals surface area contributed by atoms with Crippen molar-refractivity contribution in [3.63, 3.8) is 0 Å². The van der Waals surface area contributed by atoms with Crippen LogP contribution in [0.5, 0.6) is 5.75 Å². The summed E-state index contributed by atoms with van der Waals surface area (Å²) in [5.74, 6) is 0.692. The number of nitrogens with one attached hydrogen (secondary N) is 1. The first kappa shape index (κ1) is 22.7. The van der Waals surface area contributed by atoms with E-state index in [0.717, 1.165) is 68.7 Å². The first-order valence-corrected chi connectivity index (χ1v) is 10.8. The molecule has 1 saturated heterocycles. The lowest BCUT2D eigenvalue weighted by molar-refractivity contribution is -0.135. The molecule has 1 aliphatic heterocycles. The maximum atomic E-state index is 12.7. The lowest BCUT2D eigenvalue weighted by Crippen LogP contribution is -2.51. The number of hydrogen-bond acceptors (Lipinski definition) is 5. The smallest absolute Gasteiger partial charge is 0.260 e. The summed E-state index contributed by atoms with van der Waals surface area (Å²) >= 11 is 0. The lowest BCUT2D eigenvalue weighted by atomic mass is 10.0. The molecule has 0 aromatic heterocycles. The number of piperazine rings is 1. The second-order valence-corrected chi connectivity index (χ2v) is 7.69. The van der Waals surface area contributed by atoms with Crippen LogP contribution in [0.1, 0.15) is 5.56 Å². The van der Waals surface area contributed by atoms with Gasteiger partial charge in [0.2, 0.25) is 0 Å². The molecule has 0 radical (unpaired) electrons. The molecular formula is C25H32N4O2. The fraction of sp³-hybridized carbons (Fsp3) is 0.360. The molecule has 1 aliphatic rings. The lowest BCUT2D eigenvalue weighted by Gasteiger charge is -2.35. The van der Waals surface area contributed by atoms with Crippen molar-refractivity contribution in [1.82, 2.24) is 14.7 Å². The van der Waals surface area contributed by atoms with E-state index in [1.807, 2.05) is 53.5 Å². The number of amides is 1. The summed E-state index contributed by atoms with van der Waals surface area (Å²) in [4.78, 5) is 19.3. The van der Waals surface area contributed by atoms with Gasteiger partial charge < -0.3 is 15.0 Å². The van der Waals surface area contributed by atoms with Gasteiger partial charge in [0, 0.05) is 69.5 Å². The van der Waals surface area contributed by atoms with E-state index < -0.39 is 0 Å². The van der Waals surface area contributed by atoms with E-state index >= 15 is 0 Å². The third kappa shape index (κ3) is 6.03. The summed E-state index contributed by atoms with van der Waals surface area (Å²) in [6.45, 7) is 14.5. The highest BCUT2D eigenvalue weighted by Crippen LogP contribution is 2.27. The van der Waals surface area contributed by atoms with Crippen LogP contribution in [0.3, 0.4) is 0 Å². The molecule has 164 valence electrons. The summed E-state index contributed by atoms with van der Waals surface area (Å²) in [6.07, 6.45) is 5.18. The van der Waals surface area contributed by atoms with Crippen LogP contribution in [-0.2, 0) is 4.79 Å². The van der Waals surface area contributed by atoms with E-state index in [0.29, 0.717) is 5.75 Å². The zero-order chi connectivity index (χ0) is 22.1. The maximum Gasteiger partial charge on any atom is 0.260 e. The first-order chi connectivity index (χ1) is 15.2. The fourth-order valence-electron chi connectivity index (χ4n) is 3.90. The van der Waals surface area contributed by atoms with E-state index in [2.05, 4.69) is 23.0 Å². The van der Waals surface area contributed by atoms with Gasteiger partial charge in [-0.1, -0.05) is 36.4 Å². The monoisotopic (exact) mass is 420 g/mol. The average molecular weight is 421 g/mol. The van der Waals surface area contributed by atoms with Gasteiger partial charge in [0.15, 0.2) is 6.61 Å². The van der Waals surface area contributed by atoms with Crippen molar-refractivity contribution in [3.05, 3.63) is 67.3 Å². The highest BCUT2D eigenvalue weighted by Gasteiger charge is 2.21. The number of hydrogen-bond donors (Lipinski definition) is 1. The molecule has 0 bridgehead atoms. The number of nitrogens with zero attached hydrogens (tertiary/aromatic N) is 3. The van der Waals surface area contributed by atoms with E-state index in [1.54, 1.807) is 0 Å². The fourth-order valence-corrected chi connectivity index (χ4v) is 3.90. The van der Waals surface area contributed by atoms with Crippen LogP contribution in [0.2, 0.25) is 0 Å². The van der Waals surface area contributed by atoms with Gasteiger partial charge in [-0.05, 0) is 17.5 Å². The maximum absolute atomic E-state index is 12.7. The topological polar surface area (TPSA) is 59.9 Å². The highest BCUT2D eigenvalue weighted by molar-refractivity contribution is 6.01. The van der Waals surface area contributed by atoms with Gasteiger partial charge in [0.1, 0.15) is 5.75 Å². The molecule has 1 amide bonds. The Morgan fingerprint density at radius 1 is 1.03 bits per heavy atom. The molecule has 0 atom stereocenters. The van der Waals surface area contributed by atoms with Crippen LogP contribution in [0.25, 0.3) is 10.8 Å². The molecule has 31 heavy (non-hydrogen) atoms. The summed E-state index contributed by atoms with van der Waals surface area (Å²) in [5.41, 5.74) is 0.838. The van der Waals surface area contributed by atoms with Gasteiger partial charge in [0.25, 0.3) is 5.91 Å². The van der Waals surface area contributed by atoms with Crippen molar-refractivity contribution in [2.24, 2.45) is 0 Å². The van der Waals surface area contributed by atoms with E-state index in [-0.39, 0.29) is 12.5 Å². The number of ether oxygens (including phenoxy) is 1. The Morgan fingerprint density at radius 2 is 1.71 bits per heavy atom. The summed E-state index contributed by atoms with van der Waals surface area (Å²) in [5, 5.41) is 9.45. The Hall–Kier alpha value is -2.96. The van der Waals surface area contributed by atoms with Gasteiger partial charge in [-0.3, -0.25) is 14.6 Å². The average Bonchev–Trinajstić information content (AvgIpc) is 2.81. The zero-order valence-electron chi connectivity index (χ0n) is 18.1. The van der Waals surface area contributed by atoms with Crippen molar-refractivity contribution in [2.75, 3.05) is 59.0 Å². The molecule has 0 saturated carbocycles. The van der Waals surface area contributed by atoms with Crippen LogP contribution in [0.15, 0.2) is 61.7 Å². The minimum absolute atomic E-state index is 0.0137. The van der Waals surface area contributed by atoms with Gasteiger partial charge in [-0.25, -0.2) is 0 Å². The van der Waals surface area contributed by atoms with Crippen LogP contribution in [0.4, 0.5) is 0 Å². The van der Waals surface area contributed by atoms with Gasteiger partial charge >= 0.3 is 0 Å². The molecule has 6 nitrogen and oxygen atoms in total. The van der Waals surface area contributed by atoms with Crippen molar-refractivity contribution in [2.45, 2.75) is 0 Å². The van der Waals surface area contributed by atoms with Crippen LogP contribution >= 0.6 is 0 Å². The Kier molecular flexibility index (Phi) is 8.38. The molecule has 0 aliphatic carbocycles. The summed E-state index contributed by atoms with van der Waals surface area (Å²) in [6, 6.07) is 11.5. The van der Waals surface area contributed by atoms with E-state index in [4.69, 9.17) is 10.1 Å². The molecule has 1 heterocycles. The second-order valence-electron chi connectivity index (χ2n) is 7.69. The Morgan fingerprint density at radius 3 is 2.35 bits per heavy atom. The SMILES string of the molecule is C=CCN(CC=C)CCN1CCN(C(=O)COc2ccc(C=N)c3ccccc23)CC1. The highest BCUT2D eigenvalue weighted by atomic mass is 16.5. The Labute approximate surface area is 184 Å². The molecule has 3 rings (SSSR count). The molecule has 6 heteroatoms. The van der Waals surface area contributed by atoms with Crippen molar-refractivity contribution >= 4 is 22.9 Å². The van der Waals surface area contributed by atoms with E-state index in [9.17, 15) is 4.79 Å².